The third kappa shape index (κ3) is 4.31. The van der Waals surface area contributed by atoms with Gasteiger partial charge in [-0.2, -0.15) is 4.31 Å². The second-order valence-electron chi connectivity index (χ2n) is 8.48. The predicted octanol–water partition coefficient (Wildman–Crippen LogP) is 3.33. The number of carbonyl (C=O) groups excluding carboxylic acids is 1. The highest BCUT2D eigenvalue weighted by Gasteiger charge is 2.39. The molecule has 1 amide bonds. The molecule has 1 unspecified atom stereocenters. The van der Waals surface area contributed by atoms with Gasteiger partial charge in [0.05, 0.1) is 17.1 Å². The molecule has 1 atom stereocenters. The average molecular weight is 448 g/mol. The Bertz CT molecular complexity index is 1230. The van der Waals surface area contributed by atoms with E-state index in [9.17, 15) is 13.2 Å². The second-order valence-corrected chi connectivity index (χ2v) is 10.4. The van der Waals surface area contributed by atoms with Gasteiger partial charge in [-0.05, 0) is 73.2 Å². The Morgan fingerprint density at radius 1 is 0.969 bits per heavy atom. The van der Waals surface area contributed by atoms with Crippen molar-refractivity contribution >= 4 is 15.9 Å². The normalized spacial score (nSPS) is 17.8. The van der Waals surface area contributed by atoms with Crippen LogP contribution in [0.5, 0.6) is 0 Å². The number of hydrogen-bond donors (Lipinski definition) is 1. The molecule has 0 spiro atoms. The molecule has 5 rings (SSSR count). The van der Waals surface area contributed by atoms with E-state index in [1.165, 1.54) is 0 Å². The summed E-state index contributed by atoms with van der Waals surface area (Å²) in [5, 5.41) is 3.08. The van der Waals surface area contributed by atoms with Gasteiger partial charge in [0, 0.05) is 23.8 Å². The lowest BCUT2D eigenvalue weighted by Gasteiger charge is -2.22. The zero-order valence-corrected chi connectivity index (χ0v) is 18.5. The summed E-state index contributed by atoms with van der Waals surface area (Å²) in [5.74, 6) is -0.105. The van der Waals surface area contributed by atoms with Gasteiger partial charge < -0.3 is 5.32 Å². The van der Waals surface area contributed by atoms with E-state index in [0.29, 0.717) is 23.3 Å². The first-order valence-electron chi connectivity index (χ1n) is 10.9. The van der Waals surface area contributed by atoms with Gasteiger partial charge >= 0.3 is 0 Å². The van der Waals surface area contributed by atoms with E-state index in [2.05, 4.69) is 10.3 Å². The molecule has 164 valence electrons. The van der Waals surface area contributed by atoms with Gasteiger partial charge in [0.15, 0.2) is 0 Å². The summed E-state index contributed by atoms with van der Waals surface area (Å²) < 4.78 is 28.6. The monoisotopic (exact) mass is 447 g/mol. The molecule has 1 saturated carbocycles. The summed E-state index contributed by atoms with van der Waals surface area (Å²) in [5.41, 5.74) is 3.44. The molecule has 1 heterocycles. The van der Waals surface area contributed by atoms with Crippen LogP contribution in [0.3, 0.4) is 0 Å². The third-order valence-electron chi connectivity index (χ3n) is 6.09. The lowest BCUT2D eigenvalue weighted by molar-refractivity contribution is 0.0938. The molecule has 2 aromatic carbocycles. The van der Waals surface area contributed by atoms with Crippen molar-refractivity contribution in [3.05, 3.63) is 95.3 Å². The maximum absolute atomic E-state index is 13.5. The highest BCUT2D eigenvalue weighted by atomic mass is 32.2. The zero-order chi connectivity index (χ0) is 22.1. The largest absolute Gasteiger partial charge is 0.349 e. The van der Waals surface area contributed by atoms with Gasteiger partial charge in [-0.15, -0.1) is 0 Å². The molecule has 0 bridgehead atoms. The van der Waals surface area contributed by atoms with Crippen molar-refractivity contribution in [3.63, 3.8) is 0 Å². The number of pyridine rings is 1. The molecule has 2 aliphatic rings. The number of benzene rings is 2. The third-order valence-corrected chi connectivity index (χ3v) is 7.98. The van der Waals surface area contributed by atoms with E-state index in [0.717, 1.165) is 29.7 Å². The minimum atomic E-state index is -3.64. The van der Waals surface area contributed by atoms with E-state index in [-0.39, 0.29) is 24.5 Å². The molecule has 7 heteroatoms. The fraction of sp³-hybridized carbons (Fsp3) is 0.280. The minimum absolute atomic E-state index is 0.0353. The van der Waals surface area contributed by atoms with E-state index >= 15 is 0 Å². The molecular weight excluding hydrogens is 422 g/mol. The Kier molecular flexibility index (Phi) is 5.53. The maximum atomic E-state index is 13.5. The highest BCUT2D eigenvalue weighted by Crippen LogP contribution is 2.34. The SMILES string of the molecule is O=C(NC1Cc2ccc(S(=O)(=O)N(Cc3ccccn3)C3CC3)cc2C1)c1ccccc1. The summed E-state index contributed by atoms with van der Waals surface area (Å²) in [4.78, 5) is 17.1. The molecule has 0 saturated heterocycles. The Morgan fingerprint density at radius 2 is 1.72 bits per heavy atom. The van der Waals surface area contributed by atoms with Gasteiger partial charge in [0.25, 0.3) is 5.91 Å². The van der Waals surface area contributed by atoms with Crippen molar-refractivity contribution in [2.45, 2.75) is 49.2 Å². The fourth-order valence-corrected chi connectivity index (χ4v) is 5.98. The lowest BCUT2D eigenvalue weighted by Crippen LogP contribution is -2.35. The van der Waals surface area contributed by atoms with Crippen LogP contribution in [0.15, 0.2) is 77.8 Å². The van der Waals surface area contributed by atoms with Gasteiger partial charge in [-0.25, -0.2) is 8.42 Å². The Hall–Kier alpha value is -3.03. The molecule has 1 N–H and O–H groups in total. The number of nitrogens with one attached hydrogen (secondary N) is 1. The summed E-state index contributed by atoms with van der Waals surface area (Å²) in [7, 11) is -3.64. The lowest BCUT2D eigenvalue weighted by atomic mass is 10.1. The molecule has 2 aliphatic carbocycles. The van der Waals surface area contributed by atoms with Crippen LogP contribution in [0.2, 0.25) is 0 Å². The average Bonchev–Trinajstić information content (AvgIpc) is 3.57. The van der Waals surface area contributed by atoms with Crippen molar-refractivity contribution < 1.29 is 13.2 Å². The summed E-state index contributed by atoms with van der Waals surface area (Å²) in [6.45, 7) is 0.278. The van der Waals surface area contributed by atoms with Crippen molar-refractivity contribution in [1.82, 2.24) is 14.6 Å². The number of rotatable bonds is 7. The summed E-state index contributed by atoms with van der Waals surface area (Å²) in [6.07, 6.45) is 4.77. The Balaban J connectivity index is 1.33. The van der Waals surface area contributed by atoms with Crippen LogP contribution in [0.4, 0.5) is 0 Å². The van der Waals surface area contributed by atoms with Crippen molar-refractivity contribution in [2.24, 2.45) is 0 Å². The molecule has 0 radical (unpaired) electrons. The molecule has 32 heavy (non-hydrogen) atoms. The van der Waals surface area contributed by atoms with Crippen molar-refractivity contribution in [3.8, 4) is 0 Å². The van der Waals surface area contributed by atoms with Crippen LogP contribution < -0.4 is 5.32 Å². The van der Waals surface area contributed by atoms with Gasteiger partial charge in [0.1, 0.15) is 0 Å². The van der Waals surface area contributed by atoms with Crippen LogP contribution in [-0.4, -0.2) is 35.7 Å². The van der Waals surface area contributed by atoms with E-state index in [1.807, 2.05) is 42.5 Å². The number of fused-ring (bicyclic) bond motifs is 1. The van der Waals surface area contributed by atoms with E-state index in [1.54, 1.807) is 34.8 Å². The number of aromatic nitrogens is 1. The van der Waals surface area contributed by atoms with Crippen LogP contribution in [-0.2, 0) is 29.4 Å². The maximum Gasteiger partial charge on any atom is 0.251 e. The number of nitrogens with zero attached hydrogens (tertiary/aromatic N) is 2. The van der Waals surface area contributed by atoms with Crippen LogP contribution in [0, 0.1) is 0 Å². The zero-order valence-electron chi connectivity index (χ0n) is 17.6. The first-order chi connectivity index (χ1) is 15.5. The predicted molar refractivity (Wildman–Crippen MR) is 122 cm³/mol. The van der Waals surface area contributed by atoms with E-state index < -0.39 is 10.0 Å². The van der Waals surface area contributed by atoms with Crippen LogP contribution in [0.25, 0.3) is 0 Å². The topological polar surface area (TPSA) is 79.4 Å². The van der Waals surface area contributed by atoms with Crippen LogP contribution in [0.1, 0.15) is 40.0 Å². The van der Waals surface area contributed by atoms with Gasteiger partial charge in [-0.1, -0.05) is 30.3 Å². The number of carbonyl (C=O) groups is 1. The molecule has 1 fully saturated rings. The Labute approximate surface area is 188 Å². The summed E-state index contributed by atoms with van der Waals surface area (Å²) >= 11 is 0. The molecule has 1 aromatic heterocycles. The summed E-state index contributed by atoms with van der Waals surface area (Å²) in [6, 6.07) is 20.1. The number of hydrogen-bond acceptors (Lipinski definition) is 4. The molecule has 6 nitrogen and oxygen atoms in total. The fourth-order valence-electron chi connectivity index (χ4n) is 4.27. The molecule has 0 aliphatic heterocycles. The van der Waals surface area contributed by atoms with Crippen molar-refractivity contribution in [2.75, 3.05) is 0 Å². The number of sulfonamides is 1. The number of amides is 1. The molecular formula is C25H25N3O3S. The van der Waals surface area contributed by atoms with Crippen LogP contribution >= 0.6 is 0 Å². The second kappa shape index (κ2) is 8.48. The standard InChI is InChI=1S/C25H25N3O3S/c29-25(18-6-2-1-3-7-18)27-22-14-19-9-12-24(16-20(19)15-22)32(30,31)28(23-10-11-23)17-21-8-4-5-13-26-21/h1-9,12-13,16,22-23H,10-11,14-15,17H2,(H,27,29). The van der Waals surface area contributed by atoms with Gasteiger partial charge in [-0.3, -0.25) is 9.78 Å². The minimum Gasteiger partial charge on any atom is -0.349 e. The van der Waals surface area contributed by atoms with E-state index in [4.69, 9.17) is 0 Å². The first-order valence-corrected chi connectivity index (χ1v) is 12.3. The molecule has 3 aromatic rings. The quantitative estimate of drug-likeness (QED) is 0.603. The highest BCUT2D eigenvalue weighted by molar-refractivity contribution is 7.89. The first kappa shape index (κ1) is 20.8. The van der Waals surface area contributed by atoms with Crippen molar-refractivity contribution in [1.29, 1.82) is 0 Å². The van der Waals surface area contributed by atoms with Gasteiger partial charge in [0.2, 0.25) is 10.0 Å². The Morgan fingerprint density at radius 3 is 2.44 bits per heavy atom. The smallest absolute Gasteiger partial charge is 0.251 e.